The van der Waals surface area contributed by atoms with Crippen molar-refractivity contribution in [1.29, 1.82) is 0 Å². The Morgan fingerprint density at radius 3 is 2.04 bits per heavy atom. The molecule has 2 fully saturated rings. The third-order valence-corrected chi connectivity index (χ3v) is 5.49. The Morgan fingerprint density at radius 1 is 0.857 bits per heavy atom. The second-order valence-corrected chi connectivity index (χ2v) is 8.36. The maximum absolute atomic E-state index is 11.9. The Balaban J connectivity index is 1.57. The summed E-state index contributed by atoms with van der Waals surface area (Å²) >= 11 is 0. The highest BCUT2D eigenvalue weighted by atomic mass is 16.6. The fraction of sp³-hybridized carbons (Fsp3) is 0.476. The molecule has 7 nitrogen and oxygen atoms in total. The van der Waals surface area contributed by atoms with Gasteiger partial charge in [0.1, 0.15) is 31.2 Å². The van der Waals surface area contributed by atoms with Crippen LogP contribution in [0.15, 0.2) is 38.1 Å². The molecule has 1 aromatic carbocycles. The molecule has 3 aromatic rings. The molecule has 0 saturated carbocycles. The van der Waals surface area contributed by atoms with Crippen LogP contribution in [-0.4, -0.2) is 36.6 Å². The zero-order valence-electron chi connectivity index (χ0n) is 16.2. The van der Waals surface area contributed by atoms with E-state index >= 15 is 0 Å². The summed E-state index contributed by atoms with van der Waals surface area (Å²) in [6.45, 7) is 8.76. The SMILES string of the molecule is CC1(C)OC1COc1c2ccoc2c(OCC2OC2(C)C)c2oc(=O)ccc12. The van der Waals surface area contributed by atoms with E-state index in [1.807, 2.05) is 33.8 Å². The summed E-state index contributed by atoms with van der Waals surface area (Å²) < 4.78 is 34.4. The van der Waals surface area contributed by atoms with Crippen LogP contribution in [-0.2, 0) is 9.47 Å². The van der Waals surface area contributed by atoms with Gasteiger partial charge in [0.05, 0.1) is 28.2 Å². The Bertz CT molecular complexity index is 1120. The molecule has 0 bridgehead atoms. The third kappa shape index (κ3) is 2.86. The van der Waals surface area contributed by atoms with Crippen molar-refractivity contribution in [2.24, 2.45) is 0 Å². The molecule has 148 valence electrons. The van der Waals surface area contributed by atoms with Crippen LogP contribution in [0.4, 0.5) is 0 Å². The largest absolute Gasteiger partial charge is 0.489 e. The van der Waals surface area contributed by atoms with Gasteiger partial charge in [0.15, 0.2) is 11.2 Å². The molecule has 7 heteroatoms. The monoisotopic (exact) mass is 386 g/mol. The van der Waals surface area contributed by atoms with Gasteiger partial charge >= 0.3 is 5.63 Å². The van der Waals surface area contributed by atoms with Gasteiger partial charge < -0.3 is 27.8 Å². The quantitative estimate of drug-likeness (QED) is 0.472. The number of epoxide rings is 2. The molecule has 2 aromatic heterocycles. The van der Waals surface area contributed by atoms with E-state index in [0.29, 0.717) is 41.3 Å². The Kier molecular flexibility index (Phi) is 3.61. The molecular formula is C21H22O7. The lowest BCUT2D eigenvalue weighted by atomic mass is 10.1. The number of rotatable bonds is 6. The topological polar surface area (TPSA) is 86.9 Å². The summed E-state index contributed by atoms with van der Waals surface area (Å²) in [5.41, 5.74) is -0.0774. The second-order valence-electron chi connectivity index (χ2n) is 8.36. The fourth-order valence-corrected chi connectivity index (χ4v) is 3.42. The van der Waals surface area contributed by atoms with Gasteiger partial charge in [-0.1, -0.05) is 0 Å². The molecule has 0 amide bonds. The summed E-state index contributed by atoms with van der Waals surface area (Å²) in [4.78, 5) is 11.9. The van der Waals surface area contributed by atoms with Crippen LogP contribution < -0.4 is 15.1 Å². The highest BCUT2D eigenvalue weighted by molar-refractivity contribution is 6.06. The van der Waals surface area contributed by atoms with E-state index in [0.717, 1.165) is 5.39 Å². The van der Waals surface area contributed by atoms with Crippen molar-refractivity contribution < 1.29 is 27.8 Å². The van der Waals surface area contributed by atoms with Crippen molar-refractivity contribution in [3.63, 3.8) is 0 Å². The highest BCUT2D eigenvalue weighted by Crippen LogP contribution is 2.45. The first-order chi connectivity index (χ1) is 13.3. The molecule has 0 aliphatic carbocycles. The minimum Gasteiger partial charge on any atom is -0.489 e. The van der Waals surface area contributed by atoms with Gasteiger partial charge in [-0.3, -0.25) is 0 Å². The number of hydrogen-bond donors (Lipinski definition) is 0. The van der Waals surface area contributed by atoms with E-state index in [9.17, 15) is 4.79 Å². The third-order valence-electron chi connectivity index (χ3n) is 5.49. The second kappa shape index (κ2) is 5.75. The first kappa shape index (κ1) is 17.6. The van der Waals surface area contributed by atoms with Crippen LogP contribution in [0, 0.1) is 0 Å². The molecule has 2 unspecified atom stereocenters. The average Bonchev–Trinajstić information content (AvgIpc) is 3.32. The van der Waals surface area contributed by atoms with E-state index in [4.69, 9.17) is 27.8 Å². The van der Waals surface area contributed by atoms with Crippen LogP contribution in [0.3, 0.4) is 0 Å². The molecule has 0 radical (unpaired) electrons. The number of fused-ring (bicyclic) bond motifs is 2. The predicted octanol–water partition coefficient (Wildman–Crippen LogP) is 3.65. The van der Waals surface area contributed by atoms with Crippen molar-refractivity contribution >= 4 is 21.9 Å². The molecule has 28 heavy (non-hydrogen) atoms. The lowest BCUT2D eigenvalue weighted by molar-refractivity contribution is 0.252. The molecule has 2 atom stereocenters. The summed E-state index contributed by atoms with van der Waals surface area (Å²) in [6, 6.07) is 4.88. The van der Waals surface area contributed by atoms with Gasteiger partial charge in [-0.25, -0.2) is 4.79 Å². The number of furan rings is 1. The normalized spacial score (nSPS) is 24.4. The molecular weight excluding hydrogens is 364 g/mol. The highest BCUT2D eigenvalue weighted by Gasteiger charge is 2.49. The zero-order valence-corrected chi connectivity index (χ0v) is 16.2. The van der Waals surface area contributed by atoms with Gasteiger partial charge in [0, 0.05) is 6.07 Å². The van der Waals surface area contributed by atoms with Gasteiger partial charge in [0.2, 0.25) is 5.75 Å². The number of ether oxygens (including phenoxy) is 4. The van der Waals surface area contributed by atoms with Gasteiger partial charge in [-0.2, -0.15) is 0 Å². The van der Waals surface area contributed by atoms with Gasteiger partial charge in [0.25, 0.3) is 0 Å². The first-order valence-corrected chi connectivity index (χ1v) is 9.34. The van der Waals surface area contributed by atoms with Crippen LogP contribution in [0.25, 0.3) is 21.9 Å². The standard InChI is InChI=1S/C21H22O7/c1-20(2)13(27-20)9-24-16-11-5-6-15(22)26-18(11)19(17-12(16)7-8-23-17)25-10-14-21(3,4)28-14/h5-8,13-14H,9-10H2,1-4H3. The van der Waals surface area contributed by atoms with Crippen LogP contribution in [0.5, 0.6) is 11.5 Å². The van der Waals surface area contributed by atoms with Crippen LogP contribution in [0.1, 0.15) is 27.7 Å². The van der Waals surface area contributed by atoms with E-state index in [-0.39, 0.29) is 23.4 Å². The summed E-state index contributed by atoms with van der Waals surface area (Å²) in [7, 11) is 0. The molecule has 2 aliphatic heterocycles. The van der Waals surface area contributed by atoms with Crippen molar-refractivity contribution in [1.82, 2.24) is 0 Å². The van der Waals surface area contributed by atoms with E-state index in [2.05, 4.69) is 0 Å². The lowest BCUT2D eigenvalue weighted by Crippen LogP contribution is -2.14. The minimum absolute atomic E-state index is 0.0189. The predicted molar refractivity (Wildman–Crippen MR) is 101 cm³/mol. The van der Waals surface area contributed by atoms with Gasteiger partial charge in [-0.05, 0) is 39.8 Å². The van der Waals surface area contributed by atoms with E-state index in [1.165, 1.54) is 6.07 Å². The molecule has 2 saturated heterocycles. The smallest absolute Gasteiger partial charge is 0.336 e. The van der Waals surface area contributed by atoms with Crippen LogP contribution >= 0.6 is 0 Å². The Hall–Kier alpha value is -2.51. The zero-order chi connectivity index (χ0) is 19.7. The van der Waals surface area contributed by atoms with Gasteiger partial charge in [-0.15, -0.1) is 0 Å². The molecule has 0 N–H and O–H groups in total. The maximum atomic E-state index is 11.9. The van der Waals surface area contributed by atoms with Crippen molar-refractivity contribution in [2.45, 2.75) is 51.1 Å². The van der Waals surface area contributed by atoms with E-state index in [1.54, 1.807) is 12.3 Å². The summed E-state index contributed by atoms with van der Waals surface area (Å²) in [5.74, 6) is 0.971. The number of benzene rings is 1. The molecule has 2 aliphatic rings. The van der Waals surface area contributed by atoms with E-state index < -0.39 is 5.63 Å². The first-order valence-electron chi connectivity index (χ1n) is 9.34. The minimum atomic E-state index is -0.469. The Morgan fingerprint density at radius 2 is 1.43 bits per heavy atom. The lowest BCUT2D eigenvalue weighted by Gasteiger charge is -2.13. The summed E-state index contributed by atoms with van der Waals surface area (Å²) in [5, 5.41) is 1.41. The molecule has 0 spiro atoms. The summed E-state index contributed by atoms with van der Waals surface area (Å²) in [6.07, 6.45) is 1.56. The fourth-order valence-electron chi connectivity index (χ4n) is 3.42. The maximum Gasteiger partial charge on any atom is 0.336 e. The van der Waals surface area contributed by atoms with Crippen molar-refractivity contribution in [3.05, 3.63) is 34.9 Å². The average molecular weight is 386 g/mol. The molecule has 5 rings (SSSR count). The van der Waals surface area contributed by atoms with Crippen molar-refractivity contribution in [2.75, 3.05) is 13.2 Å². The molecule has 4 heterocycles. The Labute approximate surface area is 161 Å². The number of hydrogen-bond acceptors (Lipinski definition) is 7. The van der Waals surface area contributed by atoms with Crippen LogP contribution in [0.2, 0.25) is 0 Å². The van der Waals surface area contributed by atoms with Crippen molar-refractivity contribution in [3.8, 4) is 11.5 Å².